The first-order valence-electron chi connectivity index (χ1n) is 25.0. The largest absolute Gasteiger partial charge is 0.399 e. The number of nitrogens with one attached hydrogen (secondary N) is 12. The Morgan fingerprint density at radius 1 is 0.760 bits per heavy atom. The number of rotatable bonds is 16. The maximum atomic E-state index is 14.7. The molecule has 406 valence electrons. The van der Waals surface area contributed by atoms with E-state index in [1.165, 1.54) is 11.8 Å². The molecule has 26 nitrogen and oxygen atoms in total. The van der Waals surface area contributed by atoms with Gasteiger partial charge in [-0.05, 0) is 87.1 Å². The van der Waals surface area contributed by atoms with Crippen molar-refractivity contribution in [1.82, 2.24) is 57.7 Å². The average molecular weight is 1040 g/mol. The van der Waals surface area contributed by atoms with Gasteiger partial charge in [-0.1, -0.05) is 30.3 Å². The van der Waals surface area contributed by atoms with Crippen molar-refractivity contribution in [3.8, 4) is 0 Å². The van der Waals surface area contributed by atoms with Crippen molar-refractivity contribution in [3.05, 3.63) is 65.9 Å². The molecule has 2 aliphatic heterocycles. The van der Waals surface area contributed by atoms with Crippen LogP contribution < -0.4 is 70.8 Å². The van der Waals surface area contributed by atoms with Crippen molar-refractivity contribution < 1.29 is 43.2 Å². The lowest BCUT2D eigenvalue weighted by Crippen LogP contribution is -2.60. The summed E-state index contributed by atoms with van der Waals surface area (Å²) in [6.07, 6.45) is 2.08. The Morgan fingerprint density at radius 3 is 2.09 bits per heavy atom. The third-order valence-electron chi connectivity index (χ3n) is 12.8. The normalized spacial score (nSPS) is 22.0. The van der Waals surface area contributed by atoms with Crippen LogP contribution in [0.5, 0.6) is 0 Å². The quantitative estimate of drug-likeness (QED) is 0.0298. The van der Waals surface area contributed by atoms with Crippen LogP contribution in [0.1, 0.15) is 82.3 Å². The fraction of sp³-hybridized carbons (Fsp3) is 0.490. The van der Waals surface area contributed by atoms with E-state index in [4.69, 9.17) is 33.8 Å². The Morgan fingerprint density at radius 2 is 1.40 bits per heavy atom. The van der Waals surface area contributed by atoms with E-state index in [0.29, 0.717) is 23.2 Å². The number of amides is 9. The molecule has 0 saturated carbocycles. The molecule has 7 atom stereocenters. The van der Waals surface area contributed by atoms with Crippen LogP contribution in [0.25, 0.3) is 10.9 Å². The maximum absolute atomic E-state index is 14.7. The molecule has 2 aromatic carbocycles. The third-order valence-corrected chi connectivity index (χ3v) is 12.8. The molecule has 2 aliphatic rings. The van der Waals surface area contributed by atoms with E-state index in [2.05, 4.69) is 52.8 Å². The first kappa shape index (κ1) is 57.5. The van der Waals surface area contributed by atoms with Crippen molar-refractivity contribution in [1.29, 1.82) is 10.8 Å². The Hall–Kier alpha value is -8.45. The highest BCUT2D eigenvalue weighted by Gasteiger charge is 2.40. The number of aromatic amines is 1. The van der Waals surface area contributed by atoms with Gasteiger partial charge < -0.3 is 80.7 Å². The van der Waals surface area contributed by atoms with Gasteiger partial charge in [-0.3, -0.25) is 54.0 Å². The zero-order valence-corrected chi connectivity index (χ0v) is 42.0. The standard InChI is InChI=1S/C49H71N17O9/c1-27(67)60-34(11-5-21-57-48(52)53)42(70)63-36-18-19-40(68)56-20-4-10-33(41(51)69)61-45(73)38(25-29-26-59-32-9-3-2-8-31(29)32)64-43(71)35(12-6-22-58-49(54)55)62-44(72)37(24-28-14-16-30(50)17-15-28)65-46(74)39-13-7-23-66(39)47(36)75/h2-3,8-9,14-17,26,33-39,59H,4-7,10-13,18-25,50H2,1H3,(H2,51,69)(H,56,68)(H,60,67)(H,61,73)(H,62,72)(H,63,70)(H,64,71)(H,65,74)(H4,52,53,57)(H4,54,55,58)/t33-,34-,35-,36-,37+,38-,39-/m0/s1. The van der Waals surface area contributed by atoms with E-state index in [9.17, 15) is 43.2 Å². The summed E-state index contributed by atoms with van der Waals surface area (Å²) < 4.78 is 0. The molecule has 3 aromatic rings. The number of H-pyrrole nitrogens is 1. The molecule has 3 heterocycles. The molecule has 20 N–H and O–H groups in total. The van der Waals surface area contributed by atoms with Gasteiger partial charge in [-0.15, -0.1) is 0 Å². The molecule has 0 aliphatic carbocycles. The van der Waals surface area contributed by atoms with Crippen molar-refractivity contribution in [2.45, 2.75) is 126 Å². The van der Waals surface area contributed by atoms with E-state index in [-0.39, 0.29) is 109 Å². The zero-order chi connectivity index (χ0) is 54.6. The van der Waals surface area contributed by atoms with Crippen LogP contribution in [0.15, 0.2) is 54.7 Å². The lowest BCUT2D eigenvalue weighted by molar-refractivity contribution is -0.143. The second kappa shape index (κ2) is 28.1. The van der Waals surface area contributed by atoms with Crippen LogP contribution in [-0.2, 0) is 56.0 Å². The molecule has 0 spiro atoms. The second-order valence-electron chi connectivity index (χ2n) is 18.7. The van der Waals surface area contributed by atoms with E-state index < -0.39 is 95.5 Å². The molecule has 1 aromatic heterocycles. The number of carbonyl (C=O) groups is 9. The third kappa shape index (κ3) is 17.9. The Bertz CT molecular complexity index is 2550. The minimum Gasteiger partial charge on any atom is -0.399 e. The van der Waals surface area contributed by atoms with Crippen molar-refractivity contribution >= 4 is 81.7 Å². The summed E-state index contributed by atoms with van der Waals surface area (Å²) in [6, 6.07) is 4.84. The van der Waals surface area contributed by atoms with E-state index in [1.54, 1.807) is 30.5 Å². The zero-order valence-electron chi connectivity index (χ0n) is 42.0. The minimum absolute atomic E-state index is 0.00360. The SMILES string of the molecule is CC(=O)N[C@@H](CCCNC(=N)N)C(=O)N[C@H]1CCC(=O)NCCC[C@@H](C(N)=O)NC(=O)[C@H](Cc2c[nH]c3ccccc23)NC(=O)[C@H](CCCNC(=N)N)NC(=O)[C@@H](Cc2ccc(N)cc2)NC(=O)[C@@H]2CCCN2C1=O. The minimum atomic E-state index is -1.39. The van der Waals surface area contributed by atoms with Gasteiger partial charge in [0.1, 0.15) is 42.3 Å². The number of hydrogen-bond acceptors (Lipinski definition) is 12. The van der Waals surface area contributed by atoms with Gasteiger partial charge in [-0.25, -0.2) is 0 Å². The molecule has 2 fully saturated rings. The van der Waals surface area contributed by atoms with Crippen LogP contribution in [-0.4, -0.2) is 143 Å². The molecular weight excluding hydrogens is 971 g/mol. The number of fused-ring (bicyclic) bond motifs is 2. The number of hydrogen-bond donors (Lipinski definition) is 16. The van der Waals surface area contributed by atoms with Gasteiger partial charge in [-0.2, -0.15) is 0 Å². The number of nitrogens with two attached hydrogens (primary N) is 4. The highest BCUT2D eigenvalue weighted by atomic mass is 16.2. The van der Waals surface area contributed by atoms with Crippen molar-refractivity contribution in [2.24, 2.45) is 17.2 Å². The molecule has 5 rings (SSSR count). The summed E-state index contributed by atoms with van der Waals surface area (Å²) in [5.41, 5.74) is 25.1. The van der Waals surface area contributed by atoms with Gasteiger partial charge in [0, 0.05) is 75.2 Å². The first-order chi connectivity index (χ1) is 35.8. The number of aromatic nitrogens is 1. The monoisotopic (exact) mass is 1040 g/mol. The van der Waals surface area contributed by atoms with Crippen molar-refractivity contribution in [2.75, 3.05) is 31.9 Å². The lowest BCUT2D eigenvalue weighted by atomic mass is 10.0. The summed E-state index contributed by atoms with van der Waals surface area (Å²) in [4.78, 5) is 129. The molecule has 0 bridgehead atoms. The Balaban J connectivity index is 1.51. The number of nitrogen functional groups attached to an aromatic ring is 1. The van der Waals surface area contributed by atoms with Crippen LogP contribution >= 0.6 is 0 Å². The fourth-order valence-electron chi connectivity index (χ4n) is 8.97. The lowest BCUT2D eigenvalue weighted by Gasteiger charge is -2.31. The van der Waals surface area contributed by atoms with Crippen LogP contribution in [0.3, 0.4) is 0 Å². The average Bonchev–Trinajstić information content (AvgIpc) is 4.03. The number of benzene rings is 2. The fourth-order valence-corrected chi connectivity index (χ4v) is 8.97. The number of carbonyl (C=O) groups excluding carboxylic acids is 9. The van der Waals surface area contributed by atoms with Crippen LogP contribution in [0, 0.1) is 10.8 Å². The van der Waals surface area contributed by atoms with Crippen molar-refractivity contribution in [3.63, 3.8) is 0 Å². The molecule has 2 saturated heterocycles. The predicted molar refractivity (Wildman–Crippen MR) is 278 cm³/mol. The highest BCUT2D eigenvalue weighted by Crippen LogP contribution is 2.22. The van der Waals surface area contributed by atoms with Gasteiger partial charge in [0.15, 0.2) is 11.9 Å². The van der Waals surface area contributed by atoms with Gasteiger partial charge >= 0.3 is 0 Å². The first-order valence-corrected chi connectivity index (χ1v) is 25.0. The summed E-state index contributed by atoms with van der Waals surface area (Å²) >= 11 is 0. The molecule has 0 radical (unpaired) electrons. The molecular formula is C49H71N17O9. The summed E-state index contributed by atoms with van der Waals surface area (Å²) in [5.74, 6) is -7.12. The number of primary amides is 1. The predicted octanol–water partition coefficient (Wildman–Crippen LogP) is -2.84. The Labute approximate surface area is 433 Å². The second-order valence-corrected chi connectivity index (χ2v) is 18.7. The molecule has 9 amide bonds. The van der Waals surface area contributed by atoms with Gasteiger partial charge in [0.2, 0.25) is 53.2 Å². The van der Waals surface area contributed by atoms with Crippen LogP contribution in [0.2, 0.25) is 0 Å². The smallest absolute Gasteiger partial charge is 0.245 e. The number of para-hydroxylation sites is 1. The van der Waals surface area contributed by atoms with E-state index in [1.807, 2.05) is 24.3 Å². The van der Waals surface area contributed by atoms with Crippen LogP contribution in [0.4, 0.5) is 5.69 Å². The topological polar surface area (TPSA) is 433 Å². The number of nitrogens with zero attached hydrogens (tertiary/aromatic N) is 1. The summed E-state index contributed by atoms with van der Waals surface area (Å²) in [7, 11) is 0. The number of anilines is 1. The van der Waals surface area contributed by atoms with E-state index >= 15 is 0 Å². The highest BCUT2D eigenvalue weighted by molar-refractivity contribution is 5.98. The van der Waals surface area contributed by atoms with Gasteiger partial charge in [0.25, 0.3) is 0 Å². The summed E-state index contributed by atoms with van der Waals surface area (Å²) in [5, 5.41) is 40.1. The Kier molecular flexibility index (Phi) is 21.5. The van der Waals surface area contributed by atoms with E-state index in [0.717, 1.165) is 10.9 Å². The number of guanidine groups is 2. The molecule has 26 heteroatoms. The maximum Gasteiger partial charge on any atom is 0.245 e. The van der Waals surface area contributed by atoms with Gasteiger partial charge in [0.05, 0.1) is 0 Å². The summed E-state index contributed by atoms with van der Waals surface area (Å²) in [6.45, 7) is 1.62. The molecule has 0 unspecified atom stereocenters. The molecule has 75 heavy (non-hydrogen) atoms.